The van der Waals surface area contributed by atoms with Crippen LogP contribution in [0, 0.1) is 26.6 Å². The molecule has 23 heavy (non-hydrogen) atoms. The van der Waals surface area contributed by atoms with Crippen LogP contribution in [-0.2, 0) is 9.53 Å². The summed E-state index contributed by atoms with van der Waals surface area (Å²) in [4.78, 5) is 23.8. The highest BCUT2D eigenvalue weighted by Crippen LogP contribution is 2.15. The summed E-state index contributed by atoms with van der Waals surface area (Å²) in [6, 6.07) is 9.67. The molecule has 0 unspecified atom stereocenters. The average molecular weight is 315 g/mol. The maximum absolute atomic E-state index is 13.4. The van der Waals surface area contributed by atoms with E-state index in [0.717, 1.165) is 11.1 Å². The summed E-state index contributed by atoms with van der Waals surface area (Å²) in [5.41, 5.74) is 3.03. The topological polar surface area (TPSA) is 55.4 Å². The van der Waals surface area contributed by atoms with Gasteiger partial charge in [0, 0.05) is 5.69 Å². The van der Waals surface area contributed by atoms with Gasteiger partial charge in [0.2, 0.25) is 0 Å². The van der Waals surface area contributed by atoms with Gasteiger partial charge in [0.25, 0.3) is 5.91 Å². The molecule has 0 bridgehead atoms. The van der Waals surface area contributed by atoms with E-state index in [4.69, 9.17) is 4.74 Å². The molecule has 0 radical (unpaired) electrons. The van der Waals surface area contributed by atoms with E-state index in [2.05, 4.69) is 5.32 Å². The number of rotatable bonds is 4. The van der Waals surface area contributed by atoms with Crippen LogP contribution in [-0.4, -0.2) is 18.5 Å². The molecule has 2 rings (SSSR count). The first-order valence-electron chi connectivity index (χ1n) is 7.18. The SMILES string of the molecule is Cc1ccc(NC(=O)COC(=O)c2cccc(C)c2C)cc1F. The molecule has 0 atom stereocenters. The number of hydrogen-bond acceptors (Lipinski definition) is 3. The van der Waals surface area contributed by atoms with Gasteiger partial charge in [-0.25, -0.2) is 9.18 Å². The molecule has 1 amide bonds. The molecule has 0 heterocycles. The Kier molecular flexibility index (Phi) is 5.11. The lowest BCUT2D eigenvalue weighted by Gasteiger charge is -2.09. The number of carbonyl (C=O) groups excluding carboxylic acids is 2. The molecular weight excluding hydrogens is 297 g/mol. The number of benzene rings is 2. The number of amides is 1. The smallest absolute Gasteiger partial charge is 0.338 e. The second-order valence-electron chi connectivity index (χ2n) is 5.34. The minimum Gasteiger partial charge on any atom is -0.452 e. The third-order valence-electron chi connectivity index (χ3n) is 3.61. The van der Waals surface area contributed by atoms with Crippen molar-refractivity contribution in [2.45, 2.75) is 20.8 Å². The van der Waals surface area contributed by atoms with Crippen molar-refractivity contribution in [3.8, 4) is 0 Å². The number of halogens is 1. The number of carbonyl (C=O) groups is 2. The molecule has 0 saturated heterocycles. The fraction of sp³-hybridized carbons (Fsp3) is 0.222. The lowest BCUT2D eigenvalue weighted by Crippen LogP contribution is -2.21. The standard InChI is InChI=1S/C18H18FNO3/c1-11-5-4-6-15(13(11)3)18(22)23-10-17(21)20-14-8-7-12(2)16(19)9-14/h4-9H,10H2,1-3H3,(H,20,21). The van der Waals surface area contributed by atoms with Crippen LogP contribution in [0.5, 0.6) is 0 Å². The second kappa shape index (κ2) is 7.05. The van der Waals surface area contributed by atoms with Crippen LogP contribution in [0.15, 0.2) is 36.4 Å². The van der Waals surface area contributed by atoms with Gasteiger partial charge in [0.05, 0.1) is 5.56 Å². The molecule has 0 aliphatic heterocycles. The van der Waals surface area contributed by atoms with Crippen molar-refractivity contribution in [3.63, 3.8) is 0 Å². The predicted molar refractivity (Wildman–Crippen MR) is 86.0 cm³/mol. The number of nitrogens with one attached hydrogen (secondary N) is 1. The van der Waals surface area contributed by atoms with Crippen molar-refractivity contribution in [2.75, 3.05) is 11.9 Å². The van der Waals surface area contributed by atoms with Crippen LogP contribution in [0.1, 0.15) is 27.0 Å². The molecule has 0 saturated carbocycles. The van der Waals surface area contributed by atoms with Crippen LogP contribution in [0.25, 0.3) is 0 Å². The van der Waals surface area contributed by atoms with Gasteiger partial charge in [-0.05, 0) is 55.7 Å². The maximum Gasteiger partial charge on any atom is 0.338 e. The molecule has 5 heteroatoms. The van der Waals surface area contributed by atoms with Crippen molar-refractivity contribution < 1.29 is 18.7 Å². The Morgan fingerprint density at radius 3 is 2.52 bits per heavy atom. The monoisotopic (exact) mass is 315 g/mol. The van der Waals surface area contributed by atoms with Gasteiger partial charge in [-0.15, -0.1) is 0 Å². The highest BCUT2D eigenvalue weighted by Gasteiger charge is 2.13. The summed E-state index contributed by atoms with van der Waals surface area (Å²) in [5.74, 6) is -1.49. The molecule has 0 fully saturated rings. The third kappa shape index (κ3) is 4.16. The summed E-state index contributed by atoms with van der Waals surface area (Å²) in [7, 11) is 0. The molecular formula is C18H18FNO3. The van der Waals surface area contributed by atoms with Gasteiger partial charge < -0.3 is 10.1 Å². The number of esters is 1. The number of anilines is 1. The highest BCUT2D eigenvalue weighted by atomic mass is 19.1. The van der Waals surface area contributed by atoms with Crippen LogP contribution in [0.3, 0.4) is 0 Å². The van der Waals surface area contributed by atoms with Crippen LogP contribution in [0.2, 0.25) is 0 Å². The number of ether oxygens (including phenoxy) is 1. The van der Waals surface area contributed by atoms with E-state index in [1.807, 2.05) is 19.9 Å². The fourth-order valence-corrected chi connectivity index (χ4v) is 2.05. The van der Waals surface area contributed by atoms with Crippen LogP contribution in [0.4, 0.5) is 10.1 Å². The average Bonchev–Trinajstić information content (AvgIpc) is 2.51. The summed E-state index contributed by atoms with van der Waals surface area (Å²) in [6.07, 6.45) is 0. The quantitative estimate of drug-likeness (QED) is 0.878. The normalized spacial score (nSPS) is 10.3. The van der Waals surface area contributed by atoms with Gasteiger partial charge in [0.1, 0.15) is 5.82 Å². The zero-order valence-corrected chi connectivity index (χ0v) is 13.3. The molecule has 0 aromatic heterocycles. The van der Waals surface area contributed by atoms with Crippen molar-refractivity contribution in [1.82, 2.24) is 0 Å². The van der Waals surface area contributed by atoms with E-state index in [1.165, 1.54) is 6.07 Å². The molecule has 2 aromatic rings. The Morgan fingerprint density at radius 2 is 1.83 bits per heavy atom. The van der Waals surface area contributed by atoms with E-state index in [9.17, 15) is 14.0 Å². The third-order valence-corrected chi connectivity index (χ3v) is 3.61. The Labute approximate surface area is 134 Å². The minimum absolute atomic E-state index is 0.320. The first kappa shape index (κ1) is 16.7. The fourth-order valence-electron chi connectivity index (χ4n) is 2.05. The second-order valence-corrected chi connectivity index (χ2v) is 5.34. The molecule has 0 spiro atoms. The largest absolute Gasteiger partial charge is 0.452 e. The summed E-state index contributed by atoms with van der Waals surface area (Å²) in [5, 5.41) is 2.49. The summed E-state index contributed by atoms with van der Waals surface area (Å²) >= 11 is 0. The summed E-state index contributed by atoms with van der Waals surface area (Å²) < 4.78 is 18.4. The van der Waals surface area contributed by atoms with Gasteiger partial charge >= 0.3 is 5.97 Å². The zero-order chi connectivity index (χ0) is 17.0. The Morgan fingerprint density at radius 1 is 1.09 bits per heavy atom. The first-order chi connectivity index (χ1) is 10.9. The Balaban J connectivity index is 1.94. The van der Waals surface area contributed by atoms with Crippen molar-refractivity contribution in [2.24, 2.45) is 0 Å². The number of hydrogen-bond donors (Lipinski definition) is 1. The predicted octanol–water partition coefficient (Wildman–Crippen LogP) is 3.55. The number of aryl methyl sites for hydroxylation is 2. The Hall–Kier alpha value is -2.69. The van der Waals surface area contributed by atoms with Gasteiger partial charge in [0.15, 0.2) is 6.61 Å². The molecule has 4 nitrogen and oxygen atoms in total. The van der Waals surface area contributed by atoms with E-state index in [1.54, 1.807) is 31.2 Å². The summed E-state index contributed by atoms with van der Waals surface area (Å²) in [6.45, 7) is 4.92. The molecule has 120 valence electrons. The minimum atomic E-state index is -0.559. The van der Waals surface area contributed by atoms with Gasteiger partial charge in [-0.1, -0.05) is 18.2 Å². The van der Waals surface area contributed by atoms with Crippen molar-refractivity contribution in [3.05, 3.63) is 64.5 Å². The van der Waals surface area contributed by atoms with Gasteiger partial charge in [-0.2, -0.15) is 0 Å². The van der Waals surface area contributed by atoms with E-state index in [0.29, 0.717) is 16.8 Å². The van der Waals surface area contributed by atoms with E-state index < -0.39 is 24.3 Å². The molecule has 2 aromatic carbocycles. The lowest BCUT2D eigenvalue weighted by molar-refractivity contribution is -0.119. The van der Waals surface area contributed by atoms with Gasteiger partial charge in [-0.3, -0.25) is 4.79 Å². The lowest BCUT2D eigenvalue weighted by atomic mass is 10.0. The maximum atomic E-state index is 13.4. The molecule has 0 aliphatic carbocycles. The van der Waals surface area contributed by atoms with Crippen molar-refractivity contribution >= 4 is 17.6 Å². The van der Waals surface area contributed by atoms with E-state index >= 15 is 0 Å². The van der Waals surface area contributed by atoms with E-state index in [-0.39, 0.29) is 0 Å². The highest BCUT2D eigenvalue weighted by molar-refractivity contribution is 5.96. The molecule has 0 aliphatic rings. The van der Waals surface area contributed by atoms with Crippen molar-refractivity contribution in [1.29, 1.82) is 0 Å². The van der Waals surface area contributed by atoms with Crippen LogP contribution >= 0.6 is 0 Å². The molecule has 1 N–H and O–H groups in total. The van der Waals surface area contributed by atoms with Crippen LogP contribution < -0.4 is 5.32 Å². The Bertz CT molecular complexity index is 756. The zero-order valence-electron chi connectivity index (χ0n) is 13.3. The first-order valence-corrected chi connectivity index (χ1v) is 7.18.